The van der Waals surface area contributed by atoms with E-state index in [9.17, 15) is 4.79 Å². The van der Waals surface area contributed by atoms with Crippen LogP contribution >= 0.6 is 11.9 Å². The van der Waals surface area contributed by atoms with Gasteiger partial charge in [0.2, 0.25) is 0 Å². The summed E-state index contributed by atoms with van der Waals surface area (Å²) in [5, 5.41) is 0. The van der Waals surface area contributed by atoms with Crippen LogP contribution in [0.25, 0.3) is 0 Å². The zero-order valence-electron chi connectivity index (χ0n) is 4.27. The first-order valence-electron chi connectivity index (χ1n) is 2.00. The monoisotopic (exact) mass is 312 g/mol. The second-order valence-electron chi connectivity index (χ2n) is 1.37. The van der Waals surface area contributed by atoms with Gasteiger partial charge in [-0.15, -0.1) is 0 Å². The Morgan fingerprint density at radius 1 is 1.75 bits per heavy atom. The number of carbonyl (C=O) groups excluding carboxylic acids is 1. The zero-order valence-corrected chi connectivity index (χ0v) is 7.26. The van der Waals surface area contributed by atoms with Gasteiger partial charge in [0.1, 0.15) is 0 Å². The molecule has 0 saturated carbocycles. The maximum atomic E-state index is 10.4. The summed E-state index contributed by atoms with van der Waals surface area (Å²) in [5.74, 6) is 0.719. The summed E-state index contributed by atoms with van der Waals surface area (Å²) >= 11 is 1.33. The Kier molecular flexibility index (Phi) is 3.64. The Bertz CT molecular complexity index is 134. The molecule has 0 aromatic carbocycles. The van der Waals surface area contributed by atoms with E-state index < -0.39 is 0 Å². The van der Waals surface area contributed by atoms with E-state index in [0.717, 1.165) is 0 Å². The molecule has 2 nitrogen and oxygen atoms in total. The standard InChI is InChI=1S/C4H5NOS.Au/c1-3-4(6)2-7-5-3;/h2H2,1H3;. The quantitative estimate of drug-likeness (QED) is 0.486. The molecule has 1 heterocycles. The van der Waals surface area contributed by atoms with Crippen LogP contribution in [0, 0.1) is 0 Å². The van der Waals surface area contributed by atoms with Crippen LogP contribution in [0.5, 0.6) is 0 Å². The molecule has 0 atom stereocenters. The number of nitrogens with zero attached hydrogens (tertiary/aromatic N) is 1. The molecule has 0 aliphatic carbocycles. The number of rotatable bonds is 0. The van der Waals surface area contributed by atoms with Gasteiger partial charge < -0.3 is 0 Å². The fourth-order valence-corrected chi connectivity index (χ4v) is 1.03. The van der Waals surface area contributed by atoms with Gasteiger partial charge in [0.15, 0.2) is 5.78 Å². The normalized spacial score (nSPS) is 17.6. The van der Waals surface area contributed by atoms with Gasteiger partial charge >= 0.3 is 0 Å². The van der Waals surface area contributed by atoms with Crippen molar-refractivity contribution in [3.63, 3.8) is 0 Å². The molecule has 0 N–H and O–H groups in total. The predicted molar refractivity (Wildman–Crippen MR) is 30.6 cm³/mol. The third-order valence-corrected chi connectivity index (χ3v) is 1.59. The van der Waals surface area contributed by atoms with Crippen LogP contribution in [-0.4, -0.2) is 17.2 Å². The summed E-state index contributed by atoms with van der Waals surface area (Å²) in [6.45, 7) is 1.74. The first-order valence-corrected chi connectivity index (χ1v) is 2.95. The molecule has 4 heteroatoms. The Hall–Kier alpha value is 0.430. The van der Waals surface area contributed by atoms with Crippen LogP contribution in [0.3, 0.4) is 0 Å². The van der Waals surface area contributed by atoms with Gasteiger partial charge in [-0.1, -0.05) is 0 Å². The minimum absolute atomic E-state index is 0. The Labute approximate surface area is 67.8 Å². The molecule has 49 valence electrons. The SMILES string of the molecule is CC1=NSCC1=O.[Au]. The summed E-state index contributed by atoms with van der Waals surface area (Å²) in [5.41, 5.74) is 0.657. The molecule has 0 fully saturated rings. The van der Waals surface area contributed by atoms with Crippen LogP contribution in [0.15, 0.2) is 4.40 Å². The van der Waals surface area contributed by atoms with Crippen molar-refractivity contribution in [2.45, 2.75) is 6.92 Å². The molecular formula is C4H5AuNOS. The average Bonchev–Trinajstić information content (AvgIpc) is 1.91. The number of Topliss-reactive ketones (excluding diaryl/α,β-unsaturated/α-hetero) is 1. The minimum atomic E-state index is 0. The molecule has 0 bridgehead atoms. The number of carbonyl (C=O) groups is 1. The summed E-state index contributed by atoms with van der Waals surface area (Å²) in [6, 6.07) is 0. The molecule has 0 spiro atoms. The topological polar surface area (TPSA) is 29.4 Å². The summed E-state index contributed by atoms with van der Waals surface area (Å²) < 4.78 is 3.80. The van der Waals surface area contributed by atoms with Crippen LogP contribution in [0.4, 0.5) is 0 Å². The van der Waals surface area contributed by atoms with Crippen molar-refractivity contribution in [1.29, 1.82) is 0 Å². The number of hydrogen-bond acceptors (Lipinski definition) is 3. The van der Waals surface area contributed by atoms with E-state index in [1.54, 1.807) is 6.92 Å². The molecule has 1 radical (unpaired) electrons. The largest absolute Gasteiger partial charge is 0.292 e. The average molecular weight is 312 g/mol. The fraction of sp³-hybridized carbons (Fsp3) is 0.500. The predicted octanol–water partition coefficient (Wildman–Crippen LogP) is 0.676. The molecular weight excluding hydrogens is 307 g/mol. The second kappa shape index (κ2) is 3.45. The molecule has 1 aliphatic rings. The first kappa shape index (κ1) is 8.43. The smallest absolute Gasteiger partial charge is 0.189 e. The maximum absolute atomic E-state index is 10.4. The third kappa shape index (κ3) is 1.74. The molecule has 0 aromatic heterocycles. The van der Waals surface area contributed by atoms with E-state index >= 15 is 0 Å². The van der Waals surface area contributed by atoms with E-state index in [-0.39, 0.29) is 28.2 Å². The van der Waals surface area contributed by atoms with E-state index in [0.29, 0.717) is 11.5 Å². The molecule has 0 saturated heterocycles. The Morgan fingerprint density at radius 2 is 2.38 bits per heavy atom. The molecule has 1 aliphatic heterocycles. The van der Waals surface area contributed by atoms with E-state index in [4.69, 9.17) is 0 Å². The third-order valence-electron chi connectivity index (χ3n) is 0.801. The fourth-order valence-electron chi connectivity index (χ4n) is 0.343. The van der Waals surface area contributed by atoms with Crippen molar-refractivity contribution < 1.29 is 27.2 Å². The first-order chi connectivity index (χ1) is 3.30. The Balaban J connectivity index is 0.000000490. The minimum Gasteiger partial charge on any atom is -0.292 e. The van der Waals surface area contributed by atoms with Crippen molar-refractivity contribution in [3.8, 4) is 0 Å². The van der Waals surface area contributed by atoms with Gasteiger partial charge in [-0.25, -0.2) is 4.40 Å². The van der Waals surface area contributed by atoms with Crippen molar-refractivity contribution in [2.24, 2.45) is 4.40 Å². The Morgan fingerprint density at radius 3 is 2.50 bits per heavy atom. The molecule has 8 heavy (non-hydrogen) atoms. The van der Waals surface area contributed by atoms with E-state index in [1.165, 1.54) is 11.9 Å². The van der Waals surface area contributed by atoms with Gasteiger partial charge in [0.05, 0.1) is 11.5 Å². The van der Waals surface area contributed by atoms with Gasteiger partial charge in [-0.05, 0) is 18.9 Å². The van der Waals surface area contributed by atoms with E-state index in [2.05, 4.69) is 4.40 Å². The van der Waals surface area contributed by atoms with Gasteiger partial charge in [0.25, 0.3) is 0 Å². The van der Waals surface area contributed by atoms with Gasteiger partial charge in [-0.2, -0.15) is 0 Å². The number of ketones is 1. The van der Waals surface area contributed by atoms with Crippen molar-refractivity contribution in [2.75, 3.05) is 5.75 Å². The van der Waals surface area contributed by atoms with Gasteiger partial charge in [0, 0.05) is 22.4 Å². The van der Waals surface area contributed by atoms with Gasteiger partial charge in [-0.3, -0.25) is 4.79 Å². The van der Waals surface area contributed by atoms with Crippen LogP contribution in [0.2, 0.25) is 0 Å². The second-order valence-corrected chi connectivity index (χ2v) is 2.10. The number of hydrogen-bond donors (Lipinski definition) is 0. The molecule has 0 amide bonds. The van der Waals surface area contributed by atoms with Crippen molar-refractivity contribution in [3.05, 3.63) is 0 Å². The summed E-state index contributed by atoms with van der Waals surface area (Å²) in [7, 11) is 0. The summed E-state index contributed by atoms with van der Waals surface area (Å²) in [6.07, 6.45) is 0. The summed E-state index contributed by atoms with van der Waals surface area (Å²) in [4.78, 5) is 10.4. The molecule has 0 unspecified atom stereocenters. The van der Waals surface area contributed by atoms with Crippen molar-refractivity contribution >= 4 is 23.4 Å². The van der Waals surface area contributed by atoms with Crippen LogP contribution in [0.1, 0.15) is 6.92 Å². The zero-order chi connectivity index (χ0) is 5.28. The maximum Gasteiger partial charge on any atom is 0.189 e. The molecule has 0 aromatic rings. The van der Waals surface area contributed by atoms with Crippen LogP contribution in [-0.2, 0) is 27.2 Å². The van der Waals surface area contributed by atoms with Crippen LogP contribution < -0.4 is 0 Å². The molecule has 1 rings (SSSR count). The van der Waals surface area contributed by atoms with Crippen molar-refractivity contribution in [1.82, 2.24) is 0 Å². The van der Waals surface area contributed by atoms with E-state index in [1.807, 2.05) is 0 Å².